The highest BCUT2D eigenvalue weighted by molar-refractivity contribution is 9.10. The molecule has 0 fully saturated rings. The number of hydrogen-bond donors (Lipinski definition) is 1. The van der Waals surface area contributed by atoms with Crippen molar-refractivity contribution in [3.05, 3.63) is 74.9 Å². The normalized spacial score (nSPS) is 10.9. The van der Waals surface area contributed by atoms with Gasteiger partial charge in [-0.05, 0) is 58.4 Å². The Morgan fingerprint density at radius 3 is 2.74 bits per heavy atom. The Morgan fingerprint density at radius 2 is 1.96 bits per heavy atom. The summed E-state index contributed by atoms with van der Waals surface area (Å²) in [5.74, 6) is 1.16. The molecule has 0 aliphatic heterocycles. The van der Waals surface area contributed by atoms with Crippen molar-refractivity contribution < 1.29 is 13.9 Å². The summed E-state index contributed by atoms with van der Waals surface area (Å²) in [6.45, 7) is -0.205. The molecule has 0 aliphatic carbocycles. The van der Waals surface area contributed by atoms with Gasteiger partial charge in [-0.3, -0.25) is 4.79 Å². The van der Waals surface area contributed by atoms with Crippen LogP contribution in [-0.4, -0.2) is 18.7 Å². The Hall–Kier alpha value is -2.28. The zero-order valence-electron chi connectivity index (χ0n) is 13.8. The van der Waals surface area contributed by atoms with Gasteiger partial charge in [0.25, 0.3) is 5.91 Å². The zero-order chi connectivity index (χ0) is 19.2. The molecule has 138 valence electrons. The summed E-state index contributed by atoms with van der Waals surface area (Å²) < 4.78 is 11.8. The van der Waals surface area contributed by atoms with Crippen LogP contribution in [0.25, 0.3) is 11.3 Å². The van der Waals surface area contributed by atoms with Crippen LogP contribution < -0.4 is 10.2 Å². The van der Waals surface area contributed by atoms with Crippen molar-refractivity contribution >= 4 is 51.3 Å². The predicted molar refractivity (Wildman–Crippen MR) is 110 cm³/mol. The molecule has 0 saturated carbocycles. The minimum Gasteiger partial charge on any atom is -0.482 e. The number of benzene rings is 2. The molecule has 0 bridgehead atoms. The maximum atomic E-state index is 11.8. The van der Waals surface area contributed by atoms with Gasteiger partial charge in [-0.1, -0.05) is 35.3 Å². The van der Waals surface area contributed by atoms with E-state index >= 15 is 0 Å². The summed E-state index contributed by atoms with van der Waals surface area (Å²) in [5, 5.41) is 4.91. The minimum absolute atomic E-state index is 0.205. The van der Waals surface area contributed by atoms with E-state index in [1.165, 1.54) is 6.21 Å². The summed E-state index contributed by atoms with van der Waals surface area (Å²) in [6.07, 6.45) is 1.40. The van der Waals surface area contributed by atoms with Crippen LogP contribution in [0.5, 0.6) is 5.75 Å². The first kappa shape index (κ1) is 19.5. The number of rotatable bonds is 6. The lowest BCUT2D eigenvalue weighted by Crippen LogP contribution is -2.24. The van der Waals surface area contributed by atoms with Gasteiger partial charge in [0.15, 0.2) is 6.61 Å². The van der Waals surface area contributed by atoms with Gasteiger partial charge in [0, 0.05) is 10.0 Å². The fourth-order valence-electron chi connectivity index (χ4n) is 2.13. The second-order valence-corrected chi connectivity index (χ2v) is 7.01. The van der Waals surface area contributed by atoms with E-state index in [9.17, 15) is 4.79 Å². The number of amides is 1. The smallest absolute Gasteiger partial charge is 0.277 e. The SMILES string of the molecule is O=C(COc1ccccc1Cl)N/N=C\c1ccc(-c2ccc(Cl)c(Br)c2)o1. The van der Waals surface area contributed by atoms with Gasteiger partial charge in [-0.25, -0.2) is 5.43 Å². The molecule has 2 aromatic carbocycles. The number of hydrazone groups is 1. The topological polar surface area (TPSA) is 63.8 Å². The average molecular weight is 468 g/mol. The number of hydrogen-bond acceptors (Lipinski definition) is 4. The Kier molecular flexibility index (Phi) is 6.55. The van der Waals surface area contributed by atoms with E-state index in [1.807, 2.05) is 12.1 Å². The number of carbonyl (C=O) groups excluding carboxylic acids is 1. The Bertz CT molecular complexity index is 989. The van der Waals surface area contributed by atoms with Crippen LogP contribution in [0.4, 0.5) is 0 Å². The maximum absolute atomic E-state index is 11.8. The molecule has 0 spiro atoms. The number of carbonyl (C=O) groups is 1. The summed E-state index contributed by atoms with van der Waals surface area (Å²) in [6, 6.07) is 15.9. The maximum Gasteiger partial charge on any atom is 0.277 e. The number of ether oxygens (including phenoxy) is 1. The molecular formula is C19H13BrCl2N2O3. The molecule has 3 rings (SSSR count). The standard InChI is InChI=1S/C19H13BrCl2N2O3/c20-14-9-12(5-7-15(14)21)17-8-6-13(27-17)10-23-24-19(25)11-26-18-4-2-1-3-16(18)22/h1-10H,11H2,(H,24,25)/b23-10-. The zero-order valence-corrected chi connectivity index (χ0v) is 16.9. The average Bonchev–Trinajstić information content (AvgIpc) is 3.12. The molecule has 0 saturated heterocycles. The van der Waals surface area contributed by atoms with Gasteiger partial charge >= 0.3 is 0 Å². The molecule has 27 heavy (non-hydrogen) atoms. The predicted octanol–water partition coefficient (Wildman–Crippen LogP) is 5.55. The van der Waals surface area contributed by atoms with Crippen LogP contribution in [0.15, 0.2) is 68.6 Å². The van der Waals surface area contributed by atoms with Gasteiger partial charge in [0.2, 0.25) is 0 Å². The third kappa shape index (κ3) is 5.35. The van der Waals surface area contributed by atoms with E-state index in [2.05, 4.69) is 26.5 Å². The molecule has 1 aromatic heterocycles. The van der Waals surface area contributed by atoms with E-state index in [0.717, 1.165) is 10.0 Å². The number of nitrogens with one attached hydrogen (secondary N) is 1. The van der Waals surface area contributed by atoms with Crippen LogP contribution in [0.2, 0.25) is 10.0 Å². The number of nitrogens with zero attached hydrogens (tertiary/aromatic N) is 1. The first-order valence-electron chi connectivity index (χ1n) is 7.77. The van der Waals surface area contributed by atoms with Gasteiger partial charge in [-0.15, -0.1) is 0 Å². The second-order valence-electron chi connectivity index (χ2n) is 5.34. The van der Waals surface area contributed by atoms with Crippen molar-refractivity contribution in [1.82, 2.24) is 5.43 Å². The summed E-state index contributed by atoms with van der Waals surface area (Å²) >= 11 is 15.3. The minimum atomic E-state index is -0.417. The molecule has 0 atom stereocenters. The van der Waals surface area contributed by atoms with Crippen molar-refractivity contribution in [2.75, 3.05) is 6.61 Å². The Balaban J connectivity index is 1.54. The van der Waals surface area contributed by atoms with Crippen molar-refractivity contribution in [2.45, 2.75) is 0 Å². The van der Waals surface area contributed by atoms with E-state index in [4.69, 9.17) is 32.4 Å². The fourth-order valence-corrected chi connectivity index (χ4v) is 2.82. The molecule has 1 heterocycles. The van der Waals surface area contributed by atoms with E-state index in [1.54, 1.807) is 42.5 Å². The Morgan fingerprint density at radius 1 is 1.15 bits per heavy atom. The number of halogens is 3. The lowest BCUT2D eigenvalue weighted by Gasteiger charge is -2.06. The first-order chi connectivity index (χ1) is 13.0. The van der Waals surface area contributed by atoms with Gasteiger partial charge in [0.1, 0.15) is 17.3 Å². The highest BCUT2D eigenvalue weighted by atomic mass is 79.9. The monoisotopic (exact) mass is 466 g/mol. The highest BCUT2D eigenvalue weighted by Crippen LogP contribution is 2.29. The van der Waals surface area contributed by atoms with E-state index in [0.29, 0.717) is 27.3 Å². The fraction of sp³-hybridized carbons (Fsp3) is 0.0526. The van der Waals surface area contributed by atoms with E-state index in [-0.39, 0.29) is 6.61 Å². The highest BCUT2D eigenvalue weighted by Gasteiger charge is 2.07. The van der Waals surface area contributed by atoms with Gasteiger partial charge in [0.05, 0.1) is 16.3 Å². The second kappa shape index (κ2) is 9.08. The van der Waals surface area contributed by atoms with Crippen molar-refractivity contribution in [3.8, 4) is 17.1 Å². The summed E-state index contributed by atoms with van der Waals surface area (Å²) in [4.78, 5) is 11.8. The summed E-state index contributed by atoms with van der Waals surface area (Å²) in [7, 11) is 0. The van der Waals surface area contributed by atoms with Crippen molar-refractivity contribution in [2.24, 2.45) is 5.10 Å². The van der Waals surface area contributed by atoms with Crippen LogP contribution >= 0.6 is 39.1 Å². The third-order valence-electron chi connectivity index (χ3n) is 3.41. The van der Waals surface area contributed by atoms with Gasteiger partial charge < -0.3 is 9.15 Å². The molecule has 5 nitrogen and oxygen atoms in total. The molecule has 1 amide bonds. The molecule has 8 heteroatoms. The van der Waals surface area contributed by atoms with Gasteiger partial charge in [-0.2, -0.15) is 5.10 Å². The quantitative estimate of drug-likeness (QED) is 0.382. The van der Waals surface area contributed by atoms with Crippen molar-refractivity contribution in [3.63, 3.8) is 0 Å². The number of furan rings is 1. The van der Waals surface area contributed by atoms with Crippen LogP contribution in [0, 0.1) is 0 Å². The van der Waals surface area contributed by atoms with Crippen molar-refractivity contribution in [1.29, 1.82) is 0 Å². The largest absolute Gasteiger partial charge is 0.482 e. The first-order valence-corrected chi connectivity index (χ1v) is 9.32. The Labute approximate surface area is 174 Å². The molecular weight excluding hydrogens is 455 g/mol. The molecule has 0 radical (unpaired) electrons. The molecule has 1 N–H and O–H groups in total. The van der Waals surface area contributed by atoms with Crippen LogP contribution in [0.1, 0.15) is 5.76 Å². The van der Waals surface area contributed by atoms with Crippen LogP contribution in [-0.2, 0) is 4.79 Å². The number of para-hydroxylation sites is 1. The lowest BCUT2D eigenvalue weighted by atomic mass is 10.2. The molecule has 0 aliphatic rings. The van der Waals surface area contributed by atoms with E-state index < -0.39 is 5.91 Å². The molecule has 3 aromatic rings. The third-order valence-corrected chi connectivity index (χ3v) is 4.93. The molecule has 0 unspecified atom stereocenters. The lowest BCUT2D eigenvalue weighted by molar-refractivity contribution is -0.123. The summed E-state index contributed by atoms with van der Waals surface area (Å²) in [5.41, 5.74) is 3.23. The van der Waals surface area contributed by atoms with Crippen LogP contribution in [0.3, 0.4) is 0 Å².